The summed E-state index contributed by atoms with van der Waals surface area (Å²) in [6.45, 7) is 6.77. The predicted octanol–water partition coefficient (Wildman–Crippen LogP) is 2.53. The Hall–Kier alpha value is -1.35. The van der Waals surface area contributed by atoms with Gasteiger partial charge in [0.05, 0.1) is 6.54 Å². The first kappa shape index (κ1) is 13.6. The van der Waals surface area contributed by atoms with Gasteiger partial charge in [-0.25, -0.2) is 0 Å². The summed E-state index contributed by atoms with van der Waals surface area (Å²) in [5.74, 6) is 1.15. The molecule has 0 radical (unpaired) electrons. The molecule has 0 unspecified atom stereocenters. The maximum absolute atomic E-state index is 11.1. The Labute approximate surface area is 121 Å². The van der Waals surface area contributed by atoms with Crippen molar-refractivity contribution in [3.05, 3.63) is 34.4 Å². The number of hydrogen-bond acceptors (Lipinski definition) is 2. The highest BCUT2D eigenvalue weighted by molar-refractivity contribution is 5.76. The lowest BCUT2D eigenvalue weighted by atomic mass is 9.87. The molecule has 1 aliphatic carbocycles. The second kappa shape index (κ2) is 5.21. The van der Waals surface area contributed by atoms with Crippen molar-refractivity contribution < 1.29 is 4.79 Å². The molecular weight excluding hydrogens is 248 g/mol. The second-order valence-electron chi connectivity index (χ2n) is 6.61. The van der Waals surface area contributed by atoms with Crippen molar-refractivity contribution in [2.45, 2.75) is 51.5 Å². The number of carbonyl (C=O) groups is 1. The van der Waals surface area contributed by atoms with Gasteiger partial charge in [-0.15, -0.1) is 0 Å². The molecular formula is C17H24N2O. The highest BCUT2D eigenvalue weighted by Gasteiger charge is 2.29. The van der Waals surface area contributed by atoms with E-state index >= 15 is 0 Å². The van der Waals surface area contributed by atoms with E-state index in [4.69, 9.17) is 5.73 Å². The van der Waals surface area contributed by atoms with Crippen LogP contribution in [0.4, 0.5) is 0 Å². The van der Waals surface area contributed by atoms with Gasteiger partial charge in [0.1, 0.15) is 0 Å². The number of rotatable bonds is 4. The van der Waals surface area contributed by atoms with E-state index in [0.717, 1.165) is 25.4 Å². The van der Waals surface area contributed by atoms with Crippen LogP contribution >= 0.6 is 0 Å². The van der Waals surface area contributed by atoms with Gasteiger partial charge >= 0.3 is 0 Å². The van der Waals surface area contributed by atoms with E-state index in [1.807, 2.05) is 0 Å². The topological polar surface area (TPSA) is 46.3 Å². The van der Waals surface area contributed by atoms with Gasteiger partial charge < -0.3 is 5.73 Å². The fourth-order valence-electron chi connectivity index (χ4n) is 3.31. The Morgan fingerprint density at radius 1 is 1.35 bits per heavy atom. The molecule has 2 N–H and O–H groups in total. The maximum Gasteiger partial charge on any atom is 0.231 e. The van der Waals surface area contributed by atoms with Crippen LogP contribution in [0.25, 0.3) is 0 Å². The maximum atomic E-state index is 11.1. The van der Waals surface area contributed by atoms with Crippen molar-refractivity contribution in [1.29, 1.82) is 0 Å². The number of primary amides is 1. The molecule has 1 aliphatic heterocycles. The van der Waals surface area contributed by atoms with E-state index in [0.29, 0.717) is 12.5 Å². The van der Waals surface area contributed by atoms with Gasteiger partial charge in [-0.1, -0.05) is 26.0 Å². The molecule has 0 saturated heterocycles. The quantitative estimate of drug-likeness (QED) is 0.915. The van der Waals surface area contributed by atoms with Crippen molar-refractivity contribution in [2.24, 2.45) is 5.73 Å². The Bertz CT molecular complexity index is 532. The van der Waals surface area contributed by atoms with E-state index in [-0.39, 0.29) is 5.91 Å². The normalized spacial score (nSPS) is 19.1. The van der Waals surface area contributed by atoms with Gasteiger partial charge in [0.25, 0.3) is 0 Å². The molecule has 3 nitrogen and oxygen atoms in total. The van der Waals surface area contributed by atoms with Crippen LogP contribution < -0.4 is 5.73 Å². The minimum Gasteiger partial charge on any atom is -0.369 e. The molecule has 0 aromatic heterocycles. The van der Waals surface area contributed by atoms with Gasteiger partial charge in [0.2, 0.25) is 5.91 Å². The monoisotopic (exact) mass is 272 g/mol. The molecule has 2 aliphatic rings. The highest BCUT2D eigenvalue weighted by atomic mass is 16.1. The molecule has 1 aromatic carbocycles. The molecule has 108 valence electrons. The lowest BCUT2D eigenvalue weighted by Crippen LogP contribution is -2.37. The average Bonchev–Trinajstić information content (AvgIpc) is 3.20. The van der Waals surface area contributed by atoms with Crippen LogP contribution in [-0.4, -0.2) is 23.9 Å². The number of nitrogens with zero attached hydrogens (tertiary/aromatic N) is 1. The number of hydrogen-bond donors (Lipinski definition) is 1. The third-order valence-corrected chi connectivity index (χ3v) is 4.52. The van der Waals surface area contributed by atoms with E-state index < -0.39 is 0 Å². The zero-order chi connectivity index (χ0) is 14.3. The fraction of sp³-hybridized carbons (Fsp3) is 0.588. The Morgan fingerprint density at radius 3 is 2.70 bits per heavy atom. The van der Waals surface area contributed by atoms with Crippen LogP contribution in [0.3, 0.4) is 0 Å². The molecule has 0 bridgehead atoms. The number of carbonyl (C=O) groups excluding carboxylic acids is 1. The zero-order valence-corrected chi connectivity index (χ0v) is 12.5. The Morgan fingerprint density at radius 2 is 2.10 bits per heavy atom. The van der Waals surface area contributed by atoms with Crippen LogP contribution in [-0.2, 0) is 17.8 Å². The van der Waals surface area contributed by atoms with Gasteiger partial charge in [-0.3, -0.25) is 9.69 Å². The Balaban J connectivity index is 1.90. The number of fused-ring (bicyclic) bond motifs is 1. The zero-order valence-electron chi connectivity index (χ0n) is 12.5. The van der Waals surface area contributed by atoms with Crippen molar-refractivity contribution in [3.8, 4) is 0 Å². The first-order valence-electron chi connectivity index (χ1n) is 7.71. The number of nitrogens with two attached hydrogens (primary N) is 1. The summed E-state index contributed by atoms with van der Waals surface area (Å²) in [6, 6.07) is 4.84. The van der Waals surface area contributed by atoms with E-state index in [2.05, 4.69) is 30.9 Å². The standard InChI is InChI=1S/C17H24N2O/c1-11(2)15-7-13-5-6-19(10-17(18)20)9-14(13)8-16(15)12-3-4-12/h7-8,11-12H,3-6,9-10H2,1-2H3,(H2,18,20). The summed E-state index contributed by atoms with van der Waals surface area (Å²) in [6.07, 6.45) is 3.71. The molecule has 0 spiro atoms. The first-order valence-corrected chi connectivity index (χ1v) is 7.71. The summed E-state index contributed by atoms with van der Waals surface area (Å²) in [5, 5.41) is 0. The largest absolute Gasteiger partial charge is 0.369 e. The molecule has 20 heavy (non-hydrogen) atoms. The average molecular weight is 272 g/mol. The van der Waals surface area contributed by atoms with Crippen molar-refractivity contribution in [3.63, 3.8) is 0 Å². The molecule has 1 amide bonds. The third-order valence-electron chi connectivity index (χ3n) is 4.52. The smallest absolute Gasteiger partial charge is 0.231 e. The molecule has 0 atom stereocenters. The lowest BCUT2D eigenvalue weighted by Gasteiger charge is -2.29. The van der Waals surface area contributed by atoms with E-state index in [1.165, 1.54) is 29.5 Å². The van der Waals surface area contributed by atoms with Gasteiger partial charge in [0.15, 0.2) is 0 Å². The SMILES string of the molecule is CC(C)c1cc2c(cc1C1CC1)CN(CC(N)=O)CC2. The summed E-state index contributed by atoms with van der Waals surface area (Å²) in [4.78, 5) is 13.3. The van der Waals surface area contributed by atoms with Crippen LogP contribution in [0, 0.1) is 0 Å². The van der Waals surface area contributed by atoms with Crippen LogP contribution in [0.15, 0.2) is 12.1 Å². The van der Waals surface area contributed by atoms with E-state index in [9.17, 15) is 4.79 Å². The first-order chi connectivity index (χ1) is 9.54. The molecule has 1 heterocycles. The predicted molar refractivity (Wildman–Crippen MR) is 80.7 cm³/mol. The van der Waals surface area contributed by atoms with Crippen LogP contribution in [0.5, 0.6) is 0 Å². The summed E-state index contributed by atoms with van der Waals surface area (Å²) >= 11 is 0. The van der Waals surface area contributed by atoms with Crippen molar-refractivity contribution >= 4 is 5.91 Å². The van der Waals surface area contributed by atoms with Gasteiger partial charge in [0, 0.05) is 13.1 Å². The van der Waals surface area contributed by atoms with Crippen LogP contribution in [0.2, 0.25) is 0 Å². The molecule has 1 aromatic rings. The van der Waals surface area contributed by atoms with Gasteiger partial charge in [-0.2, -0.15) is 0 Å². The van der Waals surface area contributed by atoms with Crippen LogP contribution in [0.1, 0.15) is 60.8 Å². The summed E-state index contributed by atoms with van der Waals surface area (Å²) < 4.78 is 0. The van der Waals surface area contributed by atoms with Crippen molar-refractivity contribution in [2.75, 3.05) is 13.1 Å². The molecule has 3 rings (SSSR count). The van der Waals surface area contributed by atoms with E-state index in [1.54, 1.807) is 5.56 Å². The second-order valence-corrected chi connectivity index (χ2v) is 6.61. The number of benzene rings is 1. The lowest BCUT2D eigenvalue weighted by molar-refractivity contribution is -0.119. The molecule has 1 saturated carbocycles. The summed E-state index contributed by atoms with van der Waals surface area (Å²) in [5.41, 5.74) is 11.3. The summed E-state index contributed by atoms with van der Waals surface area (Å²) in [7, 11) is 0. The number of amides is 1. The Kier molecular flexibility index (Phi) is 3.55. The highest BCUT2D eigenvalue weighted by Crippen LogP contribution is 2.44. The molecule has 3 heteroatoms. The third kappa shape index (κ3) is 2.73. The minimum atomic E-state index is -0.227. The molecule has 1 fully saturated rings. The van der Waals surface area contributed by atoms with Gasteiger partial charge in [-0.05, 0) is 53.4 Å². The fourth-order valence-corrected chi connectivity index (χ4v) is 3.31. The van der Waals surface area contributed by atoms with Crippen molar-refractivity contribution in [1.82, 2.24) is 4.90 Å². The minimum absolute atomic E-state index is 0.227.